The summed E-state index contributed by atoms with van der Waals surface area (Å²) in [5.74, 6) is 1.10. The third-order valence-electron chi connectivity index (χ3n) is 5.14. The summed E-state index contributed by atoms with van der Waals surface area (Å²) in [6, 6.07) is 15.7. The molecule has 3 aromatic rings. The highest BCUT2D eigenvalue weighted by atomic mass is 35.5. The largest absolute Gasteiger partial charge is 0.338 e. The summed E-state index contributed by atoms with van der Waals surface area (Å²) >= 11 is 5.86. The number of halogens is 1. The van der Waals surface area contributed by atoms with E-state index in [1.165, 1.54) is 16.4 Å². The maximum absolute atomic E-state index is 12.9. The zero-order valence-electron chi connectivity index (χ0n) is 17.0. The molecular formula is C21H22ClN5O3S. The Hall–Kier alpha value is -2.75. The van der Waals surface area contributed by atoms with Gasteiger partial charge >= 0.3 is 0 Å². The van der Waals surface area contributed by atoms with Crippen LogP contribution in [0.1, 0.15) is 5.82 Å². The molecule has 0 N–H and O–H groups in total. The molecule has 1 aliphatic heterocycles. The van der Waals surface area contributed by atoms with Gasteiger partial charge in [0.2, 0.25) is 15.9 Å². The van der Waals surface area contributed by atoms with E-state index in [4.69, 9.17) is 11.6 Å². The van der Waals surface area contributed by atoms with Crippen molar-refractivity contribution in [2.75, 3.05) is 26.2 Å². The third-order valence-corrected chi connectivity index (χ3v) is 7.30. The summed E-state index contributed by atoms with van der Waals surface area (Å²) in [4.78, 5) is 19.2. The molecule has 10 heteroatoms. The van der Waals surface area contributed by atoms with Crippen molar-refractivity contribution in [2.45, 2.75) is 18.4 Å². The molecule has 1 aromatic heterocycles. The minimum absolute atomic E-state index is 0.0506. The Morgan fingerprint density at radius 3 is 2.29 bits per heavy atom. The molecule has 0 aliphatic carbocycles. The van der Waals surface area contributed by atoms with Gasteiger partial charge in [-0.05, 0) is 31.2 Å². The van der Waals surface area contributed by atoms with E-state index < -0.39 is 10.0 Å². The van der Waals surface area contributed by atoms with E-state index in [0.717, 1.165) is 5.56 Å². The van der Waals surface area contributed by atoms with E-state index in [1.807, 2.05) is 30.3 Å². The Morgan fingerprint density at radius 1 is 1.00 bits per heavy atom. The molecule has 1 saturated heterocycles. The zero-order valence-corrected chi connectivity index (χ0v) is 18.6. The Kier molecular flexibility index (Phi) is 6.08. The van der Waals surface area contributed by atoms with Crippen molar-refractivity contribution in [3.63, 3.8) is 0 Å². The molecular weight excluding hydrogens is 438 g/mol. The summed E-state index contributed by atoms with van der Waals surface area (Å²) < 4.78 is 28.7. The van der Waals surface area contributed by atoms with Crippen LogP contribution in [0, 0.1) is 6.92 Å². The predicted octanol–water partition coefficient (Wildman–Crippen LogP) is 2.44. The highest BCUT2D eigenvalue weighted by Crippen LogP contribution is 2.21. The van der Waals surface area contributed by atoms with Crippen LogP contribution in [-0.4, -0.2) is 64.5 Å². The molecule has 1 aliphatic rings. The number of amides is 1. The van der Waals surface area contributed by atoms with Gasteiger partial charge in [0.1, 0.15) is 12.4 Å². The number of hydrogen-bond acceptors (Lipinski definition) is 5. The molecule has 1 fully saturated rings. The Morgan fingerprint density at radius 2 is 1.65 bits per heavy atom. The monoisotopic (exact) mass is 459 g/mol. The standard InChI is InChI=1S/C21H22ClN5O3S/c1-16-23-21(17-5-3-2-4-6-17)27(24-16)15-20(28)25-11-13-26(14-12-25)31(29,30)19-9-7-18(22)8-10-19/h2-10H,11-15H2,1H3. The number of nitrogens with zero attached hydrogens (tertiary/aromatic N) is 5. The smallest absolute Gasteiger partial charge is 0.244 e. The van der Waals surface area contributed by atoms with Crippen LogP contribution < -0.4 is 0 Å². The lowest BCUT2D eigenvalue weighted by Crippen LogP contribution is -2.51. The van der Waals surface area contributed by atoms with Gasteiger partial charge in [-0.3, -0.25) is 4.79 Å². The van der Waals surface area contributed by atoms with E-state index in [9.17, 15) is 13.2 Å². The zero-order chi connectivity index (χ0) is 22.0. The van der Waals surface area contributed by atoms with Gasteiger partial charge in [0.15, 0.2) is 5.82 Å². The molecule has 0 atom stereocenters. The number of sulfonamides is 1. The number of rotatable bonds is 5. The lowest BCUT2D eigenvalue weighted by atomic mass is 10.2. The summed E-state index contributed by atoms with van der Waals surface area (Å²) in [5.41, 5.74) is 0.884. The van der Waals surface area contributed by atoms with Crippen LogP contribution in [0.25, 0.3) is 11.4 Å². The number of benzene rings is 2. The molecule has 0 spiro atoms. The normalized spacial score (nSPS) is 15.2. The van der Waals surface area contributed by atoms with Gasteiger partial charge in [0.05, 0.1) is 4.90 Å². The van der Waals surface area contributed by atoms with Gasteiger partial charge in [-0.25, -0.2) is 18.1 Å². The maximum Gasteiger partial charge on any atom is 0.244 e. The Balaban J connectivity index is 1.42. The van der Waals surface area contributed by atoms with E-state index in [-0.39, 0.29) is 30.4 Å². The van der Waals surface area contributed by atoms with Crippen LogP contribution >= 0.6 is 11.6 Å². The van der Waals surface area contributed by atoms with E-state index in [1.54, 1.807) is 28.6 Å². The Bertz CT molecular complexity index is 1170. The molecule has 2 aromatic carbocycles. The van der Waals surface area contributed by atoms with E-state index in [2.05, 4.69) is 10.1 Å². The quantitative estimate of drug-likeness (QED) is 0.584. The van der Waals surface area contributed by atoms with Gasteiger partial charge in [-0.2, -0.15) is 9.40 Å². The van der Waals surface area contributed by atoms with Crippen LogP contribution in [0.5, 0.6) is 0 Å². The lowest BCUT2D eigenvalue weighted by Gasteiger charge is -2.34. The summed E-state index contributed by atoms with van der Waals surface area (Å²) in [7, 11) is -3.62. The fourth-order valence-corrected chi connectivity index (χ4v) is 5.08. The summed E-state index contributed by atoms with van der Waals surface area (Å²) in [6.07, 6.45) is 0. The first-order valence-electron chi connectivity index (χ1n) is 9.85. The van der Waals surface area contributed by atoms with Crippen molar-refractivity contribution in [1.29, 1.82) is 0 Å². The lowest BCUT2D eigenvalue weighted by molar-refractivity contribution is -0.133. The van der Waals surface area contributed by atoms with Crippen molar-refractivity contribution in [3.05, 3.63) is 65.4 Å². The van der Waals surface area contributed by atoms with Gasteiger partial charge in [0, 0.05) is 36.8 Å². The van der Waals surface area contributed by atoms with E-state index in [0.29, 0.717) is 29.8 Å². The van der Waals surface area contributed by atoms with Gasteiger partial charge in [-0.1, -0.05) is 41.9 Å². The second-order valence-corrected chi connectivity index (χ2v) is 9.62. The minimum atomic E-state index is -3.62. The fraction of sp³-hybridized carbons (Fsp3) is 0.286. The van der Waals surface area contributed by atoms with Crippen molar-refractivity contribution in [2.24, 2.45) is 0 Å². The average molecular weight is 460 g/mol. The van der Waals surface area contributed by atoms with Crippen molar-refractivity contribution in [3.8, 4) is 11.4 Å². The average Bonchev–Trinajstić information content (AvgIpc) is 3.14. The maximum atomic E-state index is 12.9. The summed E-state index contributed by atoms with van der Waals surface area (Å²) in [6.45, 7) is 2.94. The second-order valence-electron chi connectivity index (χ2n) is 7.25. The van der Waals surface area contributed by atoms with Crippen LogP contribution in [-0.2, 0) is 21.4 Å². The topological polar surface area (TPSA) is 88.4 Å². The molecule has 0 radical (unpaired) electrons. The first-order valence-corrected chi connectivity index (χ1v) is 11.7. The number of carbonyl (C=O) groups is 1. The van der Waals surface area contributed by atoms with Crippen LogP contribution in [0.4, 0.5) is 0 Å². The molecule has 2 heterocycles. The van der Waals surface area contributed by atoms with Crippen LogP contribution in [0.2, 0.25) is 5.02 Å². The van der Waals surface area contributed by atoms with Crippen molar-refractivity contribution < 1.29 is 13.2 Å². The number of piperazine rings is 1. The van der Waals surface area contributed by atoms with Crippen molar-refractivity contribution in [1.82, 2.24) is 24.0 Å². The molecule has 0 unspecified atom stereocenters. The number of hydrogen-bond donors (Lipinski definition) is 0. The summed E-state index contributed by atoms with van der Waals surface area (Å²) in [5, 5.41) is 4.84. The third kappa shape index (κ3) is 4.63. The second kappa shape index (κ2) is 8.78. The van der Waals surface area contributed by atoms with Crippen LogP contribution in [0.15, 0.2) is 59.5 Å². The molecule has 8 nitrogen and oxygen atoms in total. The van der Waals surface area contributed by atoms with Crippen molar-refractivity contribution >= 4 is 27.5 Å². The molecule has 4 rings (SSSR count). The Labute approximate surface area is 186 Å². The first-order chi connectivity index (χ1) is 14.8. The van der Waals surface area contributed by atoms with Crippen LogP contribution in [0.3, 0.4) is 0 Å². The fourth-order valence-electron chi connectivity index (χ4n) is 3.53. The number of aryl methyl sites for hydroxylation is 1. The molecule has 31 heavy (non-hydrogen) atoms. The van der Waals surface area contributed by atoms with Gasteiger partial charge < -0.3 is 4.90 Å². The van der Waals surface area contributed by atoms with Gasteiger partial charge in [0.25, 0.3) is 0 Å². The number of carbonyl (C=O) groups excluding carboxylic acids is 1. The highest BCUT2D eigenvalue weighted by molar-refractivity contribution is 7.89. The number of aromatic nitrogens is 3. The molecule has 162 valence electrons. The van der Waals surface area contributed by atoms with E-state index >= 15 is 0 Å². The molecule has 1 amide bonds. The minimum Gasteiger partial charge on any atom is -0.338 e. The highest BCUT2D eigenvalue weighted by Gasteiger charge is 2.30. The van der Waals surface area contributed by atoms with Gasteiger partial charge in [-0.15, -0.1) is 0 Å². The predicted molar refractivity (Wildman–Crippen MR) is 117 cm³/mol. The molecule has 0 saturated carbocycles. The SMILES string of the molecule is Cc1nc(-c2ccccc2)n(CC(=O)N2CCN(S(=O)(=O)c3ccc(Cl)cc3)CC2)n1. The first kappa shape index (κ1) is 21.5. The molecule has 0 bridgehead atoms.